The van der Waals surface area contributed by atoms with Crippen molar-refractivity contribution < 1.29 is 42.2 Å². The maximum atomic E-state index is 12.3. The van der Waals surface area contributed by atoms with Gasteiger partial charge in [-0.15, -0.1) is 11.4 Å². The van der Waals surface area contributed by atoms with E-state index in [0.29, 0.717) is 22.9 Å². The zero-order valence-corrected chi connectivity index (χ0v) is 17.7. The van der Waals surface area contributed by atoms with Gasteiger partial charge in [-0.3, -0.25) is 9.78 Å². The quantitative estimate of drug-likeness (QED) is 0.330. The van der Waals surface area contributed by atoms with E-state index in [1.165, 1.54) is 11.3 Å². The van der Waals surface area contributed by atoms with Crippen molar-refractivity contribution in [1.82, 2.24) is 4.98 Å². The van der Waals surface area contributed by atoms with Crippen LogP contribution in [0.4, 0.5) is 11.4 Å². The average Bonchev–Trinajstić information content (AvgIpc) is 3.11. The zero-order chi connectivity index (χ0) is 17.5. The molecule has 0 saturated carbocycles. The summed E-state index contributed by atoms with van der Waals surface area (Å²) < 4.78 is 5.59. The van der Waals surface area contributed by atoms with Gasteiger partial charge in [-0.25, -0.2) is 11.3 Å². The number of rotatable bonds is 7. The fourth-order valence-corrected chi connectivity index (χ4v) is 3.00. The number of carbonyl (C=O) groups excluding carboxylic acids is 1. The first-order valence-electron chi connectivity index (χ1n) is 7.83. The molecule has 0 fully saturated rings. The molecule has 2 heterocycles. The summed E-state index contributed by atoms with van der Waals surface area (Å²) in [7, 11) is 0. The number of nitrogens with one attached hydrogen (secondary N) is 1. The summed E-state index contributed by atoms with van der Waals surface area (Å²) >= 11 is 1.40. The van der Waals surface area contributed by atoms with E-state index in [1.54, 1.807) is 24.5 Å². The van der Waals surface area contributed by atoms with Gasteiger partial charge in [0.05, 0.1) is 24.2 Å². The van der Waals surface area contributed by atoms with E-state index in [4.69, 9.17) is 10.5 Å². The van der Waals surface area contributed by atoms with Crippen LogP contribution < -0.4 is 15.8 Å². The third-order valence-electron chi connectivity index (χ3n) is 3.45. The van der Waals surface area contributed by atoms with Crippen molar-refractivity contribution in [3.8, 4) is 5.75 Å². The maximum absolute atomic E-state index is 12.3. The minimum absolute atomic E-state index is 0. The second-order valence-corrected chi connectivity index (χ2v) is 6.23. The Morgan fingerprint density at radius 2 is 2.12 bits per heavy atom. The Morgan fingerprint density at radius 3 is 2.88 bits per heavy atom. The second-order valence-electron chi connectivity index (χ2n) is 5.32. The molecule has 26 heavy (non-hydrogen) atoms. The van der Waals surface area contributed by atoms with Crippen LogP contribution in [-0.2, 0) is 32.7 Å². The number of nitrogens with two attached hydrogens (primary N) is 1. The van der Waals surface area contributed by atoms with E-state index in [9.17, 15) is 4.79 Å². The van der Waals surface area contributed by atoms with E-state index in [0.717, 1.165) is 17.7 Å². The number of hydrogen-bond acceptors (Lipinski definition) is 5. The third-order valence-corrected chi connectivity index (χ3v) is 4.40. The van der Waals surface area contributed by atoms with Gasteiger partial charge < -0.3 is 15.8 Å². The monoisotopic (exact) mass is 441 g/mol. The van der Waals surface area contributed by atoms with Gasteiger partial charge in [0.1, 0.15) is 5.75 Å². The minimum Gasteiger partial charge on any atom is -0.493 e. The Kier molecular flexibility index (Phi) is 8.10. The predicted octanol–water partition coefficient (Wildman–Crippen LogP) is 4.00. The molecule has 2 aromatic heterocycles. The van der Waals surface area contributed by atoms with Crippen LogP contribution in [-0.4, -0.2) is 17.5 Å². The Balaban J connectivity index is 0.00000243. The number of benzene rings is 1. The van der Waals surface area contributed by atoms with E-state index < -0.39 is 0 Å². The number of amides is 1. The van der Waals surface area contributed by atoms with Crippen LogP contribution >= 0.6 is 11.3 Å². The first kappa shape index (κ1) is 20.4. The number of aromatic nitrogens is 1. The molecule has 1 radical (unpaired) electrons. The van der Waals surface area contributed by atoms with Gasteiger partial charge in [-0.2, -0.15) is 12.0 Å². The van der Waals surface area contributed by atoms with Crippen LogP contribution in [0.2, 0.25) is 0 Å². The average molecular weight is 441 g/mol. The fourth-order valence-electron chi connectivity index (χ4n) is 2.21. The Bertz CT molecular complexity index is 840. The van der Waals surface area contributed by atoms with Crippen LogP contribution in [0, 0.1) is 6.42 Å². The summed E-state index contributed by atoms with van der Waals surface area (Å²) in [6, 6.07) is 12.8. The van der Waals surface area contributed by atoms with E-state index >= 15 is 0 Å². The molecule has 3 aromatic rings. The molecule has 7 heteroatoms. The number of thiophene rings is 1. The van der Waals surface area contributed by atoms with Crippen molar-refractivity contribution in [3.63, 3.8) is 0 Å². The van der Waals surface area contributed by atoms with Gasteiger partial charge >= 0.3 is 0 Å². The Labute approximate surface area is 181 Å². The SMILES string of the molecule is Nc1ccccc1NC(=O)c1cc([CH-]CCOc2cccnc2)cs1.[Y]. The maximum Gasteiger partial charge on any atom is 0.252 e. The molecule has 5 nitrogen and oxygen atoms in total. The second kappa shape index (κ2) is 10.3. The van der Waals surface area contributed by atoms with E-state index in [-0.39, 0.29) is 38.6 Å². The summed E-state index contributed by atoms with van der Waals surface area (Å²) in [5.74, 6) is 0.593. The van der Waals surface area contributed by atoms with Crippen molar-refractivity contribution in [2.75, 3.05) is 17.7 Å². The predicted molar refractivity (Wildman–Crippen MR) is 101 cm³/mol. The number of pyridine rings is 1. The van der Waals surface area contributed by atoms with Crippen molar-refractivity contribution in [2.24, 2.45) is 0 Å². The summed E-state index contributed by atoms with van der Waals surface area (Å²) in [6.45, 7) is 0.559. The number of hydrogen-bond donors (Lipinski definition) is 2. The molecule has 3 N–H and O–H groups in total. The molecule has 131 valence electrons. The number of para-hydroxylation sites is 2. The van der Waals surface area contributed by atoms with Crippen molar-refractivity contribution in [1.29, 1.82) is 0 Å². The van der Waals surface area contributed by atoms with E-state index in [1.807, 2.05) is 42.1 Å². The zero-order valence-electron chi connectivity index (χ0n) is 14.1. The minimum atomic E-state index is -0.158. The molecular formula is C19H18N3O2SY-. The number of nitrogens with zero attached hydrogens (tertiary/aromatic N) is 1. The van der Waals surface area contributed by atoms with Crippen LogP contribution in [0.5, 0.6) is 5.75 Å². The molecule has 0 aliphatic heterocycles. The topological polar surface area (TPSA) is 77.2 Å². The van der Waals surface area contributed by atoms with Gasteiger partial charge in [0, 0.05) is 43.8 Å². The van der Waals surface area contributed by atoms with Crippen molar-refractivity contribution in [2.45, 2.75) is 6.42 Å². The third kappa shape index (κ3) is 5.83. The summed E-state index contributed by atoms with van der Waals surface area (Å²) in [5.41, 5.74) is 8.02. The van der Waals surface area contributed by atoms with Gasteiger partial charge in [0.2, 0.25) is 0 Å². The molecular weight excluding hydrogens is 423 g/mol. The van der Waals surface area contributed by atoms with Crippen LogP contribution in [0.25, 0.3) is 0 Å². The molecule has 0 saturated heterocycles. The molecule has 0 spiro atoms. The summed E-state index contributed by atoms with van der Waals surface area (Å²) in [4.78, 5) is 16.9. The first-order chi connectivity index (χ1) is 12.2. The van der Waals surface area contributed by atoms with Crippen molar-refractivity contribution >= 4 is 28.6 Å². The molecule has 0 atom stereocenters. The Hall–Kier alpha value is -1.89. The van der Waals surface area contributed by atoms with Gasteiger partial charge in [0.25, 0.3) is 5.91 Å². The van der Waals surface area contributed by atoms with Crippen LogP contribution in [0.15, 0.2) is 60.2 Å². The number of ether oxygens (including phenoxy) is 1. The molecule has 1 aromatic carbocycles. The largest absolute Gasteiger partial charge is 0.493 e. The van der Waals surface area contributed by atoms with Gasteiger partial charge in [-0.1, -0.05) is 12.1 Å². The number of anilines is 2. The standard InChI is InChI=1S/C19H18N3O2S.Y/c20-16-7-1-2-8-17(16)22-19(23)18-11-14(13-25-18)5-4-10-24-15-6-3-9-21-12-15;/h1-3,5-9,11-13H,4,10,20H2,(H,22,23);/q-1;. The normalized spacial score (nSPS) is 9.85. The van der Waals surface area contributed by atoms with Gasteiger partial charge in [0.15, 0.2) is 0 Å². The Morgan fingerprint density at radius 1 is 1.27 bits per heavy atom. The van der Waals surface area contributed by atoms with Crippen LogP contribution in [0.1, 0.15) is 21.7 Å². The molecule has 0 bridgehead atoms. The molecule has 0 aliphatic rings. The molecule has 0 aliphatic carbocycles. The van der Waals surface area contributed by atoms with E-state index in [2.05, 4.69) is 10.3 Å². The van der Waals surface area contributed by atoms with Crippen LogP contribution in [0.3, 0.4) is 0 Å². The first-order valence-corrected chi connectivity index (χ1v) is 8.71. The number of nitrogen functional groups attached to an aromatic ring is 1. The summed E-state index contributed by atoms with van der Waals surface area (Å²) in [6.07, 6.45) is 6.18. The smallest absolute Gasteiger partial charge is 0.252 e. The van der Waals surface area contributed by atoms with Gasteiger partial charge in [-0.05, 0) is 30.7 Å². The molecule has 3 rings (SSSR count). The fraction of sp³-hybridized carbons (Fsp3) is 0.105. The molecule has 1 amide bonds. The number of carbonyl (C=O) groups is 1. The summed E-state index contributed by atoms with van der Waals surface area (Å²) in [5, 5.41) is 4.78. The molecule has 0 unspecified atom stereocenters. The van der Waals surface area contributed by atoms with Crippen molar-refractivity contribution in [3.05, 3.63) is 77.1 Å².